The molecule has 1 saturated heterocycles. The average molecular weight is 484 g/mol. The predicted octanol–water partition coefficient (Wildman–Crippen LogP) is 2.56. The summed E-state index contributed by atoms with van der Waals surface area (Å²) < 4.78 is 24.4. The lowest BCUT2D eigenvalue weighted by molar-refractivity contribution is 0.0713. The Morgan fingerprint density at radius 2 is 1.76 bits per heavy atom. The van der Waals surface area contributed by atoms with Crippen LogP contribution in [0.2, 0.25) is 0 Å². The molecule has 180 valence electrons. The molecular formula is C24H29N5O4S. The van der Waals surface area contributed by atoms with E-state index >= 15 is 0 Å². The number of aryl methyl sites for hydroxylation is 1. The van der Waals surface area contributed by atoms with E-state index in [1.165, 1.54) is 5.56 Å². The average Bonchev–Trinajstić information content (AvgIpc) is 2.82. The Morgan fingerprint density at radius 3 is 2.38 bits per heavy atom. The fourth-order valence-electron chi connectivity index (χ4n) is 3.90. The summed E-state index contributed by atoms with van der Waals surface area (Å²) in [5, 5.41) is 14.3. The van der Waals surface area contributed by atoms with Gasteiger partial charge in [0.15, 0.2) is 0 Å². The van der Waals surface area contributed by atoms with Crippen molar-refractivity contribution in [2.24, 2.45) is 0 Å². The van der Waals surface area contributed by atoms with Crippen molar-refractivity contribution >= 4 is 27.6 Å². The summed E-state index contributed by atoms with van der Waals surface area (Å²) in [5.41, 5.74) is 3.65. The molecule has 3 amide bonds. The van der Waals surface area contributed by atoms with E-state index in [2.05, 4.69) is 21.4 Å². The molecule has 3 rings (SSSR count). The lowest BCUT2D eigenvalue weighted by atomic mass is 9.89. The van der Waals surface area contributed by atoms with Crippen molar-refractivity contribution in [2.45, 2.75) is 25.7 Å². The molecule has 1 fully saturated rings. The van der Waals surface area contributed by atoms with Gasteiger partial charge in [-0.1, -0.05) is 18.2 Å². The Balaban J connectivity index is 1.55. The van der Waals surface area contributed by atoms with Crippen molar-refractivity contribution < 1.29 is 18.0 Å². The van der Waals surface area contributed by atoms with Crippen LogP contribution in [0.1, 0.15) is 45.8 Å². The largest absolute Gasteiger partial charge is 0.339 e. The topological polar surface area (TPSA) is 131 Å². The van der Waals surface area contributed by atoms with Crippen LogP contribution < -0.4 is 15.4 Å². The number of urea groups is 1. The van der Waals surface area contributed by atoms with Gasteiger partial charge in [0.05, 0.1) is 17.9 Å². The van der Waals surface area contributed by atoms with Crippen molar-refractivity contribution in [3.63, 3.8) is 0 Å². The van der Waals surface area contributed by atoms with Gasteiger partial charge in [0.1, 0.15) is 0 Å². The Morgan fingerprint density at radius 1 is 1.09 bits per heavy atom. The maximum Gasteiger partial charge on any atom is 0.319 e. The molecule has 0 aliphatic carbocycles. The van der Waals surface area contributed by atoms with Gasteiger partial charge in [-0.05, 0) is 61.1 Å². The minimum Gasteiger partial charge on any atom is -0.339 e. The molecule has 0 aromatic heterocycles. The second-order valence-electron chi connectivity index (χ2n) is 8.38. The van der Waals surface area contributed by atoms with E-state index in [-0.39, 0.29) is 19.0 Å². The Hall–Kier alpha value is -3.42. The van der Waals surface area contributed by atoms with Gasteiger partial charge in [0, 0.05) is 37.4 Å². The molecule has 1 aliphatic heterocycles. The van der Waals surface area contributed by atoms with Crippen molar-refractivity contribution in [3.05, 3.63) is 64.7 Å². The number of anilines is 1. The van der Waals surface area contributed by atoms with Crippen LogP contribution in [0.15, 0.2) is 42.5 Å². The van der Waals surface area contributed by atoms with Gasteiger partial charge in [0.2, 0.25) is 10.0 Å². The molecule has 10 heteroatoms. The first kappa shape index (κ1) is 25.2. The van der Waals surface area contributed by atoms with Crippen molar-refractivity contribution in [2.75, 3.05) is 37.8 Å². The van der Waals surface area contributed by atoms with Gasteiger partial charge >= 0.3 is 6.03 Å². The minimum absolute atomic E-state index is 0.0842. The smallest absolute Gasteiger partial charge is 0.319 e. The molecule has 0 saturated carbocycles. The molecule has 2 aromatic rings. The first-order valence-electron chi connectivity index (χ1n) is 11.1. The normalized spacial score (nSPS) is 14.3. The molecule has 3 N–H and O–H groups in total. The van der Waals surface area contributed by atoms with Gasteiger partial charge in [-0.25, -0.2) is 17.9 Å². The highest BCUT2D eigenvalue weighted by Gasteiger charge is 2.25. The van der Waals surface area contributed by atoms with E-state index in [9.17, 15) is 18.0 Å². The zero-order chi connectivity index (χ0) is 24.7. The summed E-state index contributed by atoms with van der Waals surface area (Å²) in [4.78, 5) is 27.1. The summed E-state index contributed by atoms with van der Waals surface area (Å²) in [7, 11) is -3.31. The lowest BCUT2D eigenvalue weighted by Crippen LogP contribution is -2.38. The van der Waals surface area contributed by atoms with Crippen molar-refractivity contribution in [3.8, 4) is 6.07 Å². The van der Waals surface area contributed by atoms with Crippen LogP contribution in [0.5, 0.6) is 0 Å². The molecule has 2 aromatic carbocycles. The van der Waals surface area contributed by atoms with E-state index in [1.807, 2.05) is 36.1 Å². The summed E-state index contributed by atoms with van der Waals surface area (Å²) in [6.07, 6.45) is 2.74. The second kappa shape index (κ2) is 11.1. The van der Waals surface area contributed by atoms with E-state index in [1.54, 1.807) is 18.2 Å². The highest BCUT2D eigenvalue weighted by atomic mass is 32.2. The number of carbonyl (C=O) groups excluding carboxylic acids is 2. The number of nitrogens with zero attached hydrogens (tertiary/aromatic N) is 2. The third-order valence-electron chi connectivity index (χ3n) is 5.80. The number of nitriles is 1. The Labute approximate surface area is 200 Å². The highest BCUT2D eigenvalue weighted by molar-refractivity contribution is 7.88. The number of amides is 3. The molecule has 0 unspecified atom stereocenters. The van der Waals surface area contributed by atoms with E-state index < -0.39 is 16.1 Å². The van der Waals surface area contributed by atoms with Gasteiger partial charge in [-0.3, -0.25) is 4.79 Å². The fraction of sp³-hybridized carbons (Fsp3) is 0.375. The first-order chi connectivity index (χ1) is 16.2. The lowest BCUT2D eigenvalue weighted by Gasteiger charge is -2.32. The summed E-state index contributed by atoms with van der Waals surface area (Å²) in [6, 6.07) is 14.5. The monoisotopic (exact) mass is 483 g/mol. The number of rotatable bonds is 7. The molecular weight excluding hydrogens is 454 g/mol. The number of carbonyl (C=O) groups is 2. The quantitative estimate of drug-likeness (QED) is 0.521. The summed E-state index contributed by atoms with van der Waals surface area (Å²) in [5.74, 6) is 0.270. The zero-order valence-electron chi connectivity index (χ0n) is 19.3. The van der Waals surface area contributed by atoms with E-state index in [0.29, 0.717) is 35.8 Å². The Kier molecular flexibility index (Phi) is 8.26. The molecule has 34 heavy (non-hydrogen) atoms. The molecule has 0 radical (unpaired) electrons. The van der Waals surface area contributed by atoms with Gasteiger partial charge in [-0.2, -0.15) is 5.26 Å². The second-order valence-corrected chi connectivity index (χ2v) is 10.2. The number of sulfonamides is 1. The van der Waals surface area contributed by atoms with Gasteiger partial charge in [-0.15, -0.1) is 0 Å². The molecule has 1 aliphatic rings. The molecule has 0 bridgehead atoms. The van der Waals surface area contributed by atoms with Crippen molar-refractivity contribution in [1.29, 1.82) is 5.26 Å². The molecule has 9 nitrogen and oxygen atoms in total. The Bertz CT molecular complexity index is 1180. The summed E-state index contributed by atoms with van der Waals surface area (Å²) >= 11 is 0. The maximum absolute atomic E-state index is 13.1. The summed E-state index contributed by atoms with van der Waals surface area (Å²) in [6.45, 7) is 3.31. The van der Waals surface area contributed by atoms with Crippen molar-refractivity contribution in [1.82, 2.24) is 14.9 Å². The fourth-order valence-corrected chi connectivity index (χ4v) is 4.37. The van der Waals surface area contributed by atoms with Crippen LogP contribution in [0.4, 0.5) is 10.5 Å². The number of hydrogen-bond donors (Lipinski definition) is 3. The molecule has 0 atom stereocenters. The zero-order valence-corrected chi connectivity index (χ0v) is 20.1. The van der Waals surface area contributed by atoms with Crippen LogP contribution in [0.3, 0.4) is 0 Å². The third-order valence-corrected chi connectivity index (χ3v) is 6.53. The van der Waals surface area contributed by atoms with E-state index in [0.717, 1.165) is 24.7 Å². The molecule has 0 spiro atoms. The van der Waals surface area contributed by atoms with Crippen LogP contribution in [-0.2, 0) is 10.0 Å². The number of hydrogen-bond acceptors (Lipinski definition) is 5. The van der Waals surface area contributed by atoms with E-state index in [4.69, 9.17) is 5.26 Å². The third kappa shape index (κ3) is 7.04. The van der Waals surface area contributed by atoms with Crippen LogP contribution >= 0.6 is 0 Å². The van der Waals surface area contributed by atoms with Crippen LogP contribution in [0.25, 0.3) is 0 Å². The maximum atomic E-state index is 13.1. The number of likely N-dealkylation sites (tertiary alicyclic amines) is 1. The van der Waals surface area contributed by atoms with Crippen LogP contribution in [0, 0.1) is 18.3 Å². The molecule has 1 heterocycles. The van der Waals surface area contributed by atoms with Gasteiger partial charge < -0.3 is 15.5 Å². The standard InChI is InChI=1S/C24H29N5O4S/c1-17-3-6-21(15-22(17)28-24(31)26-11-12-27-34(2,32)33)23(30)29-13-9-20(10-14-29)19-7-4-18(16-25)5-8-19/h3-8,15,20,27H,9-14H2,1-2H3,(H2,26,28,31). The SMILES string of the molecule is Cc1ccc(C(=O)N2CCC(c3ccc(C#N)cc3)CC2)cc1NC(=O)NCCNS(C)(=O)=O. The minimum atomic E-state index is -3.31. The van der Waals surface area contributed by atoms with Gasteiger partial charge in [0.25, 0.3) is 5.91 Å². The number of benzene rings is 2. The number of piperidine rings is 1. The van der Waals surface area contributed by atoms with Crippen LogP contribution in [-0.4, -0.2) is 57.7 Å². The first-order valence-corrected chi connectivity index (χ1v) is 12.9. The predicted molar refractivity (Wildman–Crippen MR) is 130 cm³/mol. The number of nitrogens with one attached hydrogen (secondary N) is 3. The highest BCUT2D eigenvalue weighted by Crippen LogP contribution is 2.29.